The summed E-state index contributed by atoms with van der Waals surface area (Å²) in [5.74, 6) is 1.64. The molecule has 0 saturated carbocycles. The van der Waals surface area contributed by atoms with Crippen LogP contribution in [-0.2, 0) is 17.8 Å². The van der Waals surface area contributed by atoms with Crippen LogP contribution in [0.1, 0.15) is 21.1 Å². The molecule has 0 amide bonds. The van der Waals surface area contributed by atoms with E-state index in [0.717, 1.165) is 54.2 Å². The first-order valence-electron chi connectivity index (χ1n) is 9.78. The zero-order valence-electron chi connectivity index (χ0n) is 18.5. The number of guanidine groups is 1. The number of halogens is 1. The van der Waals surface area contributed by atoms with E-state index >= 15 is 0 Å². The number of ether oxygens (including phenoxy) is 2. The van der Waals surface area contributed by atoms with Crippen molar-refractivity contribution in [3.63, 3.8) is 0 Å². The number of aromatic nitrogens is 1. The molecule has 0 atom stereocenters. The quantitative estimate of drug-likeness (QED) is 0.256. The van der Waals surface area contributed by atoms with Gasteiger partial charge >= 0.3 is 0 Å². The number of aryl methyl sites for hydroxylation is 2. The minimum atomic E-state index is 0. The summed E-state index contributed by atoms with van der Waals surface area (Å²) in [6.07, 6.45) is 0. The number of hydrogen-bond acceptors (Lipinski definition) is 6. The Hall–Kier alpha value is -1.43. The molecule has 0 spiro atoms. The van der Waals surface area contributed by atoms with E-state index in [9.17, 15) is 0 Å². The van der Waals surface area contributed by atoms with E-state index in [1.54, 1.807) is 25.5 Å². The van der Waals surface area contributed by atoms with Crippen molar-refractivity contribution >= 4 is 41.3 Å². The van der Waals surface area contributed by atoms with Crippen LogP contribution in [-0.4, -0.2) is 63.4 Å². The maximum absolute atomic E-state index is 5.89. The molecule has 0 bridgehead atoms. The summed E-state index contributed by atoms with van der Waals surface area (Å²) in [7, 11) is 5.56. The Kier molecular flexibility index (Phi) is 12.9. The number of benzene rings is 1. The van der Waals surface area contributed by atoms with Crippen LogP contribution in [0.5, 0.6) is 5.75 Å². The third kappa shape index (κ3) is 9.59. The normalized spacial score (nSPS) is 11.3. The molecular formula is C21H34IN5O2S. The molecule has 2 rings (SSSR count). The van der Waals surface area contributed by atoms with E-state index in [-0.39, 0.29) is 24.0 Å². The van der Waals surface area contributed by atoms with Crippen molar-refractivity contribution < 1.29 is 9.47 Å². The van der Waals surface area contributed by atoms with Crippen molar-refractivity contribution in [2.24, 2.45) is 4.99 Å². The standard InChI is InChI=1S/C21H33N5O2S.HI/c1-16-20(29-17(2)25-16)15-24-21(22-3)23-14-18-7-6-8-19(13-18)28-12-10-26(4)9-11-27-5;/h6-8,13H,9-12,14-15H2,1-5H3,(H2,22,23,24);1H. The summed E-state index contributed by atoms with van der Waals surface area (Å²) in [5.41, 5.74) is 2.22. The second-order valence-corrected chi connectivity index (χ2v) is 8.10. The van der Waals surface area contributed by atoms with Crippen LogP contribution in [0.15, 0.2) is 29.3 Å². The van der Waals surface area contributed by atoms with Crippen molar-refractivity contribution in [1.29, 1.82) is 0 Å². The lowest BCUT2D eigenvalue weighted by Crippen LogP contribution is -2.36. The molecule has 2 aromatic rings. The SMILES string of the molecule is CN=C(NCc1cccc(OCCN(C)CCOC)c1)NCc1sc(C)nc1C.I. The Bertz CT molecular complexity index is 785. The fraction of sp³-hybridized carbons (Fsp3) is 0.524. The van der Waals surface area contributed by atoms with Crippen molar-refractivity contribution in [3.8, 4) is 5.75 Å². The van der Waals surface area contributed by atoms with Crippen LogP contribution in [0.25, 0.3) is 0 Å². The van der Waals surface area contributed by atoms with Gasteiger partial charge in [0, 0.05) is 38.7 Å². The molecule has 1 aromatic carbocycles. The van der Waals surface area contributed by atoms with Gasteiger partial charge in [0.25, 0.3) is 0 Å². The van der Waals surface area contributed by atoms with Gasteiger partial charge in [-0.15, -0.1) is 35.3 Å². The summed E-state index contributed by atoms with van der Waals surface area (Å²) >= 11 is 1.71. The lowest BCUT2D eigenvalue weighted by atomic mass is 10.2. The number of nitrogens with zero attached hydrogens (tertiary/aromatic N) is 3. The van der Waals surface area contributed by atoms with Gasteiger partial charge in [0.15, 0.2) is 5.96 Å². The van der Waals surface area contributed by atoms with Crippen LogP contribution in [0.2, 0.25) is 0 Å². The summed E-state index contributed by atoms with van der Waals surface area (Å²) in [6.45, 7) is 8.60. The topological polar surface area (TPSA) is 71.0 Å². The van der Waals surface area contributed by atoms with E-state index in [1.807, 2.05) is 26.0 Å². The smallest absolute Gasteiger partial charge is 0.191 e. The Balaban J connectivity index is 0.00000450. The average molecular weight is 548 g/mol. The van der Waals surface area contributed by atoms with E-state index < -0.39 is 0 Å². The Morgan fingerprint density at radius 3 is 2.57 bits per heavy atom. The summed E-state index contributed by atoms with van der Waals surface area (Å²) in [5, 5.41) is 7.79. The molecular weight excluding hydrogens is 513 g/mol. The minimum absolute atomic E-state index is 0. The van der Waals surface area contributed by atoms with E-state index in [0.29, 0.717) is 13.2 Å². The molecule has 0 saturated heterocycles. The summed E-state index contributed by atoms with van der Waals surface area (Å²) in [6, 6.07) is 8.14. The van der Waals surface area contributed by atoms with Crippen molar-refractivity contribution in [3.05, 3.63) is 45.4 Å². The van der Waals surface area contributed by atoms with Crippen molar-refractivity contribution in [2.45, 2.75) is 26.9 Å². The van der Waals surface area contributed by atoms with Gasteiger partial charge in [0.2, 0.25) is 0 Å². The first-order valence-corrected chi connectivity index (χ1v) is 10.6. The fourth-order valence-corrected chi connectivity index (χ4v) is 3.61. The number of rotatable bonds is 11. The molecule has 9 heteroatoms. The van der Waals surface area contributed by atoms with Gasteiger partial charge in [-0.05, 0) is 38.6 Å². The molecule has 0 aliphatic heterocycles. The molecule has 0 unspecified atom stereocenters. The monoisotopic (exact) mass is 547 g/mol. The maximum atomic E-state index is 5.89. The van der Waals surface area contributed by atoms with Crippen LogP contribution in [0, 0.1) is 13.8 Å². The Morgan fingerprint density at radius 1 is 1.17 bits per heavy atom. The van der Waals surface area contributed by atoms with Crippen LogP contribution >= 0.6 is 35.3 Å². The first kappa shape index (κ1) is 26.6. The minimum Gasteiger partial charge on any atom is -0.492 e. The lowest BCUT2D eigenvalue weighted by molar-refractivity contribution is 0.150. The first-order chi connectivity index (χ1) is 14.0. The molecule has 0 aliphatic carbocycles. The van der Waals surface area contributed by atoms with Gasteiger partial charge < -0.3 is 25.0 Å². The number of methoxy groups -OCH3 is 1. The van der Waals surface area contributed by atoms with Gasteiger partial charge in [0.1, 0.15) is 12.4 Å². The molecule has 0 radical (unpaired) electrons. The van der Waals surface area contributed by atoms with Crippen LogP contribution in [0.4, 0.5) is 0 Å². The average Bonchev–Trinajstić information content (AvgIpc) is 3.04. The molecule has 2 N–H and O–H groups in total. The third-order valence-electron chi connectivity index (χ3n) is 4.42. The number of hydrogen-bond donors (Lipinski definition) is 2. The summed E-state index contributed by atoms with van der Waals surface area (Å²) in [4.78, 5) is 12.2. The van der Waals surface area contributed by atoms with Crippen LogP contribution in [0.3, 0.4) is 0 Å². The number of nitrogens with one attached hydrogen (secondary N) is 2. The molecule has 30 heavy (non-hydrogen) atoms. The molecule has 1 heterocycles. The van der Waals surface area contributed by atoms with Gasteiger partial charge in [-0.2, -0.15) is 0 Å². The van der Waals surface area contributed by atoms with E-state index in [2.05, 4.69) is 44.7 Å². The maximum Gasteiger partial charge on any atom is 0.191 e. The predicted octanol–water partition coefficient (Wildman–Crippen LogP) is 3.20. The second-order valence-electron chi connectivity index (χ2n) is 6.81. The van der Waals surface area contributed by atoms with E-state index in [4.69, 9.17) is 9.47 Å². The molecule has 0 fully saturated rings. The highest BCUT2D eigenvalue weighted by atomic mass is 127. The largest absolute Gasteiger partial charge is 0.492 e. The van der Waals surface area contributed by atoms with Crippen LogP contribution < -0.4 is 15.4 Å². The zero-order valence-corrected chi connectivity index (χ0v) is 21.7. The molecule has 168 valence electrons. The van der Waals surface area contributed by atoms with Gasteiger partial charge in [-0.3, -0.25) is 4.99 Å². The number of likely N-dealkylation sites (N-methyl/N-ethyl adjacent to an activating group) is 1. The number of aliphatic imine (C=N–C) groups is 1. The fourth-order valence-electron chi connectivity index (χ4n) is 2.73. The van der Waals surface area contributed by atoms with Gasteiger partial charge in [-0.25, -0.2) is 4.98 Å². The third-order valence-corrected chi connectivity index (χ3v) is 5.49. The van der Waals surface area contributed by atoms with Crippen molar-refractivity contribution in [1.82, 2.24) is 20.5 Å². The highest BCUT2D eigenvalue weighted by Crippen LogP contribution is 2.16. The molecule has 1 aromatic heterocycles. The van der Waals surface area contributed by atoms with E-state index in [1.165, 1.54) is 4.88 Å². The van der Waals surface area contributed by atoms with Crippen molar-refractivity contribution in [2.75, 3.05) is 47.5 Å². The van der Waals surface area contributed by atoms with Gasteiger partial charge in [0.05, 0.1) is 23.9 Å². The predicted molar refractivity (Wildman–Crippen MR) is 135 cm³/mol. The molecule has 0 aliphatic rings. The zero-order chi connectivity index (χ0) is 21.1. The van der Waals surface area contributed by atoms with Gasteiger partial charge in [-0.1, -0.05) is 12.1 Å². The molecule has 7 nitrogen and oxygen atoms in total. The lowest BCUT2D eigenvalue weighted by Gasteiger charge is -2.16. The number of thiazole rings is 1. The second kappa shape index (κ2) is 14.6. The Morgan fingerprint density at radius 2 is 1.90 bits per heavy atom. The summed E-state index contributed by atoms with van der Waals surface area (Å²) < 4.78 is 11.0. The highest BCUT2D eigenvalue weighted by molar-refractivity contribution is 14.0. The Labute approximate surface area is 201 Å². The highest BCUT2D eigenvalue weighted by Gasteiger charge is 2.06.